The number of rotatable bonds is 9. The van der Waals surface area contributed by atoms with Gasteiger partial charge in [-0.2, -0.15) is 0 Å². The van der Waals surface area contributed by atoms with Gasteiger partial charge in [-0.05, 0) is 80.5 Å². The first-order valence-corrected chi connectivity index (χ1v) is 8.42. The normalized spacial score (nSPS) is 45.0. The molecule has 0 saturated heterocycles. The van der Waals surface area contributed by atoms with Gasteiger partial charge < -0.3 is 5.11 Å². The van der Waals surface area contributed by atoms with Gasteiger partial charge in [-0.25, -0.2) is 0 Å². The molecule has 3 aliphatic rings. The maximum atomic E-state index is 8.84. The highest BCUT2D eigenvalue weighted by Gasteiger charge is 2.48. The fourth-order valence-electron chi connectivity index (χ4n) is 4.29. The molecule has 0 radical (unpaired) electrons. The third-order valence-corrected chi connectivity index (χ3v) is 5.81. The van der Waals surface area contributed by atoms with Crippen LogP contribution in [0.25, 0.3) is 0 Å². The van der Waals surface area contributed by atoms with Gasteiger partial charge in [-0.1, -0.05) is 19.8 Å². The van der Waals surface area contributed by atoms with Crippen molar-refractivity contribution in [1.29, 1.82) is 0 Å². The Labute approximate surface area is 112 Å². The molecule has 0 aliphatic heterocycles. The van der Waals surface area contributed by atoms with Crippen molar-refractivity contribution >= 4 is 0 Å². The zero-order valence-corrected chi connectivity index (χ0v) is 12.0. The van der Waals surface area contributed by atoms with Crippen LogP contribution in [0.3, 0.4) is 0 Å². The molecule has 1 nitrogen and oxygen atoms in total. The monoisotopic (exact) mass is 250 g/mol. The minimum atomic E-state index is 0.399. The molecule has 3 saturated carbocycles. The molecule has 0 aromatic heterocycles. The third kappa shape index (κ3) is 3.29. The van der Waals surface area contributed by atoms with Gasteiger partial charge in [0.1, 0.15) is 0 Å². The number of hydrogen-bond donors (Lipinski definition) is 1. The molecule has 104 valence electrons. The van der Waals surface area contributed by atoms with Gasteiger partial charge >= 0.3 is 0 Å². The van der Waals surface area contributed by atoms with Crippen molar-refractivity contribution in [2.24, 2.45) is 35.5 Å². The minimum Gasteiger partial charge on any atom is -0.396 e. The molecule has 0 aromatic rings. The first-order chi connectivity index (χ1) is 8.81. The van der Waals surface area contributed by atoms with E-state index in [0.29, 0.717) is 6.61 Å². The average molecular weight is 250 g/mol. The smallest absolute Gasteiger partial charge is 0.0431 e. The Kier molecular flexibility index (Phi) is 3.98. The summed E-state index contributed by atoms with van der Waals surface area (Å²) in [5.41, 5.74) is 0. The van der Waals surface area contributed by atoms with E-state index in [-0.39, 0.29) is 0 Å². The lowest BCUT2D eigenvalue weighted by atomic mass is 10.1. The first kappa shape index (κ1) is 13.0. The molecule has 1 heteroatoms. The molecule has 0 aromatic carbocycles. The lowest BCUT2D eigenvalue weighted by Crippen LogP contribution is -1.92. The molecule has 3 fully saturated rings. The summed E-state index contributed by atoms with van der Waals surface area (Å²) in [6.07, 6.45) is 12.9. The van der Waals surface area contributed by atoms with E-state index in [0.717, 1.165) is 41.9 Å². The van der Waals surface area contributed by atoms with Gasteiger partial charge in [0.15, 0.2) is 0 Å². The van der Waals surface area contributed by atoms with Crippen molar-refractivity contribution < 1.29 is 5.11 Å². The minimum absolute atomic E-state index is 0.399. The fourth-order valence-corrected chi connectivity index (χ4v) is 4.29. The molecule has 0 spiro atoms. The summed E-state index contributed by atoms with van der Waals surface area (Å²) >= 11 is 0. The molecule has 1 N–H and O–H groups in total. The zero-order chi connectivity index (χ0) is 12.5. The number of aliphatic hydroxyl groups is 1. The number of hydrogen-bond acceptors (Lipinski definition) is 1. The molecule has 3 rings (SSSR count). The van der Waals surface area contributed by atoms with Crippen LogP contribution in [-0.2, 0) is 0 Å². The van der Waals surface area contributed by atoms with Crippen LogP contribution in [0.1, 0.15) is 64.7 Å². The van der Waals surface area contributed by atoms with Gasteiger partial charge in [0.2, 0.25) is 0 Å². The average Bonchev–Trinajstić information content (AvgIpc) is 3.23. The van der Waals surface area contributed by atoms with Crippen molar-refractivity contribution in [3.05, 3.63) is 0 Å². The van der Waals surface area contributed by atoms with Crippen LogP contribution >= 0.6 is 0 Å². The van der Waals surface area contributed by atoms with Crippen molar-refractivity contribution in [3.63, 3.8) is 0 Å². The van der Waals surface area contributed by atoms with Crippen molar-refractivity contribution in [3.8, 4) is 0 Å². The Morgan fingerprint density at radius 3 is 1.83 bits per heavy atom. The summed E-state index contributed by atoms with van der Waals surface area (Å²) in [4.78, 5) is 0. The highest BCUT2D eigenvalue weighted by molar-refractivity contribution is 4.98. The van der Waals surface area contributed by atoms with Crippen LogP contribution in [-0.4, -0.2) is 11.7 Å². The molecule has 0 amide bonds. The second-order valence-electron chi connectivity index (χ2n) is 7.39. The standard InChI is InChI=1S/C17H30O/c1-2-4-12-7-14(12)9-16-11-17(16)10-15-8-13(15)5-3-6-18/h12-18H,2-11H2,1H3. The van der Waals surface area contributed by atoms with Gasteiger partial charge in [-0.3, -0.25) is 0 Å². The van der Waals surface area contributed by atoms with E-state index in [2.05, 4.69) is 6.92 Å². The summed E-state index contributed by atoms with van der Waals surface area (Å²) in [7, 11) is 0. The second-order valence-corrected chi connectivity index (χ2v) is 7.39. The second kappa shape index (κ2) is 5.53. The summed E-state index contributed by atoms with van der Waals surface area (Å²) in [6.45, 7) is 2.73. The SMILES string of the molecule is CCCC1CC1CC1CC1CC1CC1CCCO. The summed E-state index contributed by atoms with van der Waals surface area (Å²) in [5, 5.41) is 8.84. The van der Waals surface area contributed by atoms with Crippen LogP contribution in [0.4, 0.5) is 0 Å². The summed E-state index contributed by atoms with van der Waals surface area (Å²) < 4.78 is 0. The van der Waals surface area contributed by atoms with E-state index in [4.69, 9.17) is 5.11 Å². The molecular weight excluding hydrogens is 220 g/mol. The Morgan fingerprint density at radius 1 is 0.778 bits per heavy atom. The molecular formula is C17H30O. The van der Waals surface area contributed by atoms with Gasteiger partial charge in [0, 0.05) is 6.61 Å². The Morgan fingerprint density at radius 2 is 1.28 bits per heavy atom. The molecule has 6 atom stereocenters. The highest BCUT2D eigenvalue weighted by atomic mass is 16.2. The van der Waals surface area contributed by atoms with Gasteiger partial charge in [-0.15, -0.1) is 0 Å². The van der Waals surface area contributed by atoms with E-state index in [9.17, 15) is 0 Å². The van der Waals surface area contributed by atoms with E-state index in [1.165, 1.54) is 32.1 Å². The fraction of sp³-hybridized carbons (Fsp3) is 1.00. The first-order valence-electron chi connectivity index (χ1n) is 8.42. The summed E-state index contributed by atoms with van der Waals surface area (Å²) in [6, 6.07) is 0. The quantitative estimate of drug-likeness (QED) is 0.648. The predicted molar refractivity (Wildman–Crippen MR) is 75.3 cm³/mol. The van der Waals surface area contributed by atoms with Crippen LogP contribution in [0.15, 0.2) is 0 Å². The van der Waals surface area contributed by atoms with Gasteiger partial charge in [0.25, 0.3) is 0 Å². The van der Waals surface area contributed by atoms with Crippen LogP contribution < -0.4 is 0 Å². The summed E-state index contributed by atoms with van der Waals surface area (Å²) in [5.74, 6) is 6.52. The van der Waals surface area contributed by atoms with Crippen molar-refractivity contribution in [2.75, 3.05) is 6.61 Å². The predicted octanol–water partition coefficient (Wildman–Crippen LogP) is 4.25. The Hall–Kier alpha value is -0.0400. The molecule has 18 heavy (non-hydrogen) atoms. The lowest BCUT2D eigenvalue weighted by molar-refractivity contribution is 0.279. The molecule has 6 unspecified atom stereocenters. The maximum absolute atomic E-state index is 8.84. The largest absolute Gasteiger partial charge is 0.396 e. The van der Waals surface area contributed by atoms with Crippen LogP contribution in [0.2, 0.25) is 0 Å². The highest BCUT2D eigenvalue weighted by Crippen LogP contribution is 2.58. The lowest BCUT2D eigenvalue weighted by Gasteiger charge is -2.01. The van der Waals surface area contributed by atoms with E-state index in [1.807, 2.05) is 0 Å². The van der Waals surface area contributed by atoms with E-state index >= 15 is 0 Å². The zero-order valence-electron chi connectivity index (χ0n) is 12.0. The third-order valence-electron chi connectivity index (χ3n) is 5.81. The van der Waals surface area contributed by atoms with Crippen molar-refractivity contribution in [1.82, 2.24) is 0 Å². The van der Waals surface area contributed by atoms with Gasteiger partial charge in [0.05, 0.1) is 0 Å². The topological polar surface area (TPSA) is 20.2 Å². The Balaban J connectivity index is 1.25. The van der Waals surface area contributed by atoms with Crippen LogP contribution in [0, 0.1) is 35.5 Å². The molecule has 0 bridgehead atoms. The molecule has 3 aliphatic carbocycles. The Bertz CT molecular complexity index is 275. The van der Waals surface area contributed by atoms with Crippen molar-refractivity contribution in [2.45, 2.75) is 64.7 Å². The maximum Gasteiger partial charge on any atom is 0.0431 e. The van der Waals surface area contributed by atoms with Crippen LogP contribution in [0.5, 0.6) is 0 Å². The molecule has 0 heterocycles. The number of aliphatic hydroxyl groups excluding tert-OH is 1. The van der Waals surface area contributed by atoms with E-state index in [1.54, 1.807) is 19.3 Å². The van der Waals surface area contributed by atoms with E-state index < -0.39 is 0 Å².